The molecule has 1 aliphatic carbocycles. The first kappa shape index (κ1) is 30.4. The quantitative estimate of drug-likeness (QED) is 0.184. The predicted molar refractivity (Wildman–Crippen MR) is 229 cm³/mol. The summed E-state index contributed by atoms with van der Waals surface area (Å²) >= 11 is 0. The fourth-order valence-corrected chi connectivity index (χ4v) is 9.48. The molecule has 4 heteroatoms. The van der Waals surface area contributed by atoms with Crippen molar-refractivity contribution in [2.24, 2.45) is 0 Å². The second kappa shape index (κ2) is 11.0. The summed E-state index contributed by atoms with van der Waals surface area (Å²) in [6.07, 6.45) is 0. The molecule has 0 saturated carbocycles. The van der Waals surface area contributed by atoms with Gasteiger partial charge in [0.1, 0.15) is 0 Å². The maximum absolute atomic E-state index is 5.53. The summed E-state index contributed by atoms with van der Waals surface area (Å²) in [5.41, 5.74) is 13.7. The van der Waals surface area contributed by atoms with Gasteiger partial charge in [-0.1, -0.05) is 135 Å². The molecule has 0 amide bonds. The van der Waals surface area contributed by atoms with Crippen LogP contribution in [0.25, 0.3) is 99.3 Å². The molecule has 0 fully saturated rings. The SMILES string of the molecule is CC1(C)c2ccccc2-c2cc3c4ccc(-n5c6ccccc6c6ccccc65)cc4n(-c4nc(-c5ccc6ccccc6c5)c5ccccc5n4)c3cc21. The second-order valence-electron chi connectivity index (χ2n) is 15.4. The van der Waals surface area contributed by atoms with Crippen molar-refractivity contribution in [3.05, 3.63) is 181 Å². The number of aromatic nitrogens is 4. The van der Waals surface area contributed by atoms with Crippen molar-refractivity contribution in [3.8, 4) is 34.0 Å². The van der Waals surface area contributed by atoms with Crippen molar-refractivity contribution in [1.82, 2.24) is 19.1 Å². The summed E-state index contributed by atoms with van der Waals surface area (Å²) in [6.45, 7) is 4.70. The van der Waals surface area contributed by atoms with Gasteiger partial charge in [0, 0.05) is 43.6 Å². The van der Waals surface area contributed by atoms with E-state index in [1.54, 1.807) is 0 Å². The van der Waals surface area contributed by atoms with Gasteiger partial charge in [-0.25, -0.2) is 9.97 Å². The van der Waals surface area contributed by atoms with Crippen LogP contribution < -0.4 is 0 Å². The number of fused-ring (bicyclic) bond motifs is 11. The highest BCUT2D eigenvalue weighted by Crippen LogP contribution is 2.51. The summed E-state index contributed by atoms with van der Waals surface area (Å²) in [6, 6.07) is 61.6. The third kappa shape index (κ3) is 4.22. The van der Waals surface area contributed by atoms with Gasteiger partial charge in [-0.05, 0) is 81.6 Å². The molecule has 0 bridgehead atoms. The van der Waals surface area contributed by atoms with E-state index >= 15 is 0 Å². The van der Waals surface area contributed by atoms with Crippen molar-refractivity contribution >= 4 is 65.3 Å². The smallest absolute Gasteiger partial charge is 0.235 e. The molecule has 3 aromatic heterocycles. The van der Waals surface area contributed by atoms with Gasteiger partial charge in [0.15, 0.2) is 0 Å². The highest BCUT2D eigenvalue weighted by Gasteiger charge is 2.36. The van der Waals surface area contributed by atoms with Gasteiger partial charge in [0.2, 0.25) is 5.95 Å². The molecule has 0 saturated heterocycles. The highest BCUT2D eigenvalue weighted by molar-refractivity contribution is 6.13. The van der Waals surface area contributed by atoms with Gasteiger partial charge >= 0.3 is 0 Å². The van der Waals surface area contributed by atoms with E-state index in [2.05, 4.69) is 193 Å². The van der Waals surface area contributed by atoms with Crippen LogP contribution >= 0.6 is 0 Å². The van der Waals surface area contributed by atoms with Crippen molar-refractivity contribution in [2.75, 3.05) is 0 Å². The van der Waals surface area contributed by atoms with Crippen LogP contribution in [0.4, 0.5) is 0 Å². The first-order valence-electron chi connectivity index (χ1n) is 19.0. The van der Waals surface area contributed by atoms with E-state index in [-0.39, 0.29) is 5.41 Å². The van der Waals surface area contributed by atoms with E-state index in [4.69, 9.17) is 9.97 Å². The van der Waals surface area contributed by atoms with Crippen LogP contribution in [0.2, 0.25) is 0 Å². The van der Waals surface area contributed by atoms with Gasteiger partial charge in [-0.2, -0.15) is 0 Å². The molecule has 258 valence electrons. The van der Waals surface area contributed by atoms with Crippen molar-refractivity contribution < 1.29 is 0 Å². The Bertz CT molecular complexity index is 3360. The number of rotatable bonds is 3. The minimum Gasteiger partial charge on any atom is -0.309 e. The maximum atomic E-state index is 5.53. The normalized spacial score (nSPS) is 13.4. The Labute approximate surface area is 317 Å². The molecular formula is C51H34N4. The monoisotopic (exact) mass is 702 g/mol. The fraction of sp³-hybridized carbons (Fsp3) is 0.0588. The van der Waals surface area contributed by atoms with Crippen LogP contribution in [-0.4, -0.2) is 19.1 Å². The first-order chi connectivity index (χ1) is 27.0. The Morgan fingerprint density at radius 1 is 0.418 bits per heavy atom. The molecule has 0 unspecified atom stereocenters. The maximum Gasteiger partial charge on any atom is 0.235 e. The molecule has 0 radical (unpaired) electrons. The number of para-hydroxylation sites is 3. The fourth-order valence-electron chi connectivity index (χ4n) is 9.48. The molecule has 12 rings (SSSR count). The Balaban J connectivity index is 1.20. The molecule has 0 atom stereocenters. The summed E-state index contributed by atoms with van der Waals surface area (Å²) < 4.78 is 4.71. The summed E-state index contributed by atoms with van der Waals surface area (Å²) in [5.74, 6) is 0.662. The van der Waals surface area contributed by atoms with Gasteiger partial charge < -0.3 is 4.57 Å². The van der Waals surface area contributed by atoms with Gasteiger partial charge in [-0.3, -0.25) is 4.57 Å². The number of hydrogen-bond acceptors (Lipinski definition) is 2. The zero-order valence-corrected chi connectivity index (χ0v) is 30.5. The van der Waals surface area contributed by atoms with E-state index in [1.165, 1.54) is 65.6 Å². The molecule has 11 aromatic rings. The lowest BCUT2D eigenvalue weighted by molar-refractivity contribution is 0.661. The molecule has 3 heterocycles. The average Bonchev–Trinajstić information content (AvgIpc) is 3.82. The average molecular weight is 703 g/mol. The van der Waals surface area contributed by atoms with Crippen LogP contribution in [-0.2, 0) is 5.41 Å². The van der Waals surface area contributed by atoms with Crippen LogP contribution in [0.3, 0.4) is 0 Å². The summed E-state index contributed by atoms with van der Waals surface area (Å²) in [4.78, 5) is 10.9. The Kier molecular flexibility index (Phi) is 6.09. The first-order valence-corrected chi connectivity index (χ1v) is 19.0. The predicted octanol–water partition coefficient (Wildman–Crippen LogP) is 13.0. The minimum absolute atomic E-state index is 0.157. The van der Waals surface area contributed by atoms with E-state index in [9.17, 15) is 0 Å². The van der Waals surface area contributed by atoms with Gasteiger partial charge in [0.05, 0.1) is 33.3 Å². The molecule has 0 aliphatic heterocycles. The van der Waals surface area contributed by atoms with E-state index < -0.39 is 0 Å². The standard InChI is InChI=1S/C51H34N4/c1-51(2)42-19-9-5-15-35(42)40-29-41-38-26-25-34(54-45-21-11-7-16-36(45)37-17-8-12-22-46(37)54)28-47(38)55(48(41)30-43(40)51)50-52-44-20-10-6-18-39(44)49(53-50)33-24-23-31-13-3-4-14-32(31)27-33/h3-30H,1-2H3. The molecule has 1 aliphatic rings. The number of nitrogens with zero attached hydrogens (tertiary/aromatic N) is 4. The van der Waals surface area contributed by atoms with Crippen molar-refractivity contribution in [3.63, 3.8) is 0 Å². The Hall–Kier alpha value is -7.04. The third-order valence-corrected chi connectivity index (χ3v) is 12.1. The Morgan fingerprint density at radius 3 is 1.89 bits per heavy atom. The lowest BCUT2D eigenvalue weighted by atomic mass is 9.82. The summed E-state index contributed by atoms with van der Waals surface area (Å²) in [5, 5.41) is 8.29. The lowest BCUT2D eigenvalue weighted by Gasteiger charge is -2.21. The highest BCUT2D eigenvalue weighted by atomic mass is 15.2. The van der Waals surface area contributed by atoms with Crippen molar-refractivity contribution in [1.29, 1.82) is 0 Å². The van der Waals surface area contributed by atoms with Crippen LogP contribution in [0.1, 0.15) is 25.0 Å². The summed E-state index contributed by atoms with van der Waals surface area (Å²) in [7, 11) is 0. The lowest BCUT2D eigenvalue weighted by Crippen LogP contribution is -2.15. The molecule has 0 N–H and O–H groups in total. The third-order valence-electron chi connectivity index (χ3n) is 12.1. The molecule has 4 nitrogen and oxygen atoms in total. The van der Waals surface area contributed by atoms with Crippen LogP contribution in [0.5, 0.6) is 0 Å². The Morgan fingerprint density at radius 2 is 1.07 bits per heavy atom. The molecule has 55 heavy (non-hydrogen) atoms. The molecule has 0 spiro atoms. The van der Waals surface area contributed by atoms with Crippen LogP contribution in [0.15, 0.2) is 170 Å². The van der Waals surface area contributed by atoms with Crippen molar-refractivity contribution in [2.45, 2.75) is 19.3 Å². The zero-order valence-electron chi connectivity index (χ0n) is 30.5. The van der Waals surface area contributed by atoms with E-state index in [1.807, 2.05) is 0 Å². The van der Waals surface area contributed by atoms with Gasteiger partial charge in [0.25, 0.3) is 0 Å². The number of hydrogen-bond donors (Lipinski definition) is 0. The topological polar surface area (TPSA) is 35.6 Å². The van der Waals surface area contributed by atoms with E-state index in [0.717, 1.165) is 38.9 Å². The molecular weight excluding hydrogens is 669 g/mol. The zero-order chi connectivity index (χ0) is 36.4. The van der Waals surface area contributed by atoms with Gasteiger partial charge in [-0.15, -0.1) is 0 Å². The van der Waals surface area contributed by atoms with E-state index in [0.29, 0.717) is 5.95 Å². The largest absolute Gasteiger partial charge is 0.309 e. The second-order valence-corrected chi connectivity index (χ2v) is 15.4. The minimum atomic E-state index is -0.157. The number of benzene rings is 8. The van der Waals surface area contributed by atoms with Crippen LogP contribution in [0, 0.1) is 0 Å². The molecule has 8 aromatic carbocycles.